The first-order valence-corrected chi connectivity index (χ1v) is 8.94. The van der Waals surface area contributed by atoms with Crippen molar-refractivity contribution in [2.75, 3.05) is 5.32 Å². The van der Waals surface area contributed by atoms with E-state index in [2.05, 4.69) is 31.2 Å². The smallest absolute Gasteiger partial charge is 0.387 e. The molecule has 2 aromatic rings. The molecule has 28 heavy (non-hydrogen) atoms. The lowest BCUT2D eigenvalue weighted by molar-refractivity contribution is -0.187. The van der Waals surface area contributed by atoms with E-state index in [4.69, 9.17) is 5.73 Å². The summed E-state index contributed by atoms with van der Waals surface area (Å²) in [6.07, 6.45) is -3.71. The highest BCUT2D eigenvalue weighted by Gasteiger charge is 2.56. The number of hydrogen-bond donors (Lipinski definition) is 2. The number of amides is 1. The Hall–Kier alpha value is -2.49. The Morgan fingerprint density at radius 2 is 2.04 bits per heavy atom. The number of alkyl halides is 3. The van der Waals surface area contributed by atoms with Crippen LogP contribution in [0.5, 0.6) is 0 Å². The van der Waals surface area contributed by atoms with Crippen LogP contribution in [0.2, 0.25) is 0 Å². The average Bonchev–Trinajstić information content (AvgIpc) is 2.93. The van der Waals surface area contributed by atoms with Gasteiger partial charge in [-0.05, 0) is 53.2 Å². The molecule has 1 amide bonds. The quantitative estimate of drug-likeness (QED) is 0.669. The Labute approximate surface area is 166 Å². The Balaban J connectivity index is 1.95. The third-order valence-electron chi connectivity index (χ3n) is 4.59. The molecule has 148 valence electrons. The molecule has 0 radical (unpaired) electrons. The van der Waals surface area contributed by atoms with Crippen molar-refractivity contribution in [2.24, 2.45) is 16.6 Å². The van der Waals surface area contributed by atoms with E-state index in [1.165, 1.54) is 25.3 Å². The van der Waals surface area contributed by atoms with Gasteiger partial charge in [-0.25, -0.2) is 9.37 Å². The Morgan fingerprint density at radius 1 is 1.32 bits per heavy atom. The molecule has 1 aromatic carbocycles. The molecule has 0 spiro atoms. The number of carbonyl (C=O) groups excluding carboxylic acids is 1. The first-order valence-electron chi connectivity index (χ1n) is 8.14. The number of aliphatic imine (C=N–C) groups is 1. The van der Waals surface area contributed by atoms with Crippen LogP contribution in [0.25, 0.3) is 0 Å². The normalized spacial score (nSPS) is 22.1. The summed E-state index contributed by atoms with van der Waals surface area (Å²) in [4.78, 5) is 20.1. The van der Waals surface area contributed by atoms with Crippen molar-refractivity contribution in [2.45, 2.75) is 25.1 Å². The molecule has 0 fully saturated rings. The highest BCUT2D eigenvalue weighted by molar-refractivity contribution is 9.10. The van der Waals surface area contributed by atoms with Crippen molar-refractivity contribution in [1.29, 1.82) is 0 Å². The van der Waals surface area contributed by atoms with Crippen molar-refractivity contribution in [3.63, 3.8) is 0 Å². The number of nitrogens with two attached hydrogens (primary N) is 1. The average molecular weight is 459 g/mol. The van der Waals surface area contributed by atoms with E-state index in [0.29, 0.717) is 4.47 Å². The van der Waals surface area contributed by atoms with Gasteiger partial charge < -0.3 is 11.1 Å². The zero-order valence-electron chi connectivity index (χ0n) is 14.5. The molecule has 2 atom stereocenters. The van der Waals surface area contributed by atoms with Crippen LogP contribution >= 0.6 is 15.9 Å². The Kier molecular flexibility index (Phi) is 5.18. The standard InChI is InChI=1S/C18H15BrF4N4O/c1-17(14(18(21,22)23)7-15(24)27-17)11-6-10(3-4-12(11)20)26-16(28)13-5-2-9(19)8-25-13/h2-6,8,14H,7H2,1H3,(H2,24,27)(H,26,28)/t14-,17-/m0/s1. The maximum Gasteiger partial charge on any atom is 0.394 e. The molecule has 10 heteroatoms. The molecule has 1 aromatic heterocycles. The molecule has 1 aliphatic rings. The second kappa shape index (κ2) is 7.16. The lowest BCUT2D eigenvalue weighted by atomic mass is 9.79. The fourth-order valence-corrected chi connectivity index (χ4v) is 3.44. The minimum Gasteiger partial charge on any atom is -0.387 e. The number of anilines is 1. The topological polar surface area (TPSA) is 80.4 Å². The van der Waals surface area contributed by atoms with Crippen LogP contribution in [0.4, 0.5) is 23.2 Å². The maximum absolute atomic E-state index is 14.5. The maximum atomic E-state index is 14.5. The number of benzene rings is 1. The molecular formula is C18H15BrF4N4O. The Bertz CT molecular complexity index is 946. The summed E-state index contributed by atoms with van der Waals surface area (Å²) in [7, 11) is 0. The SMILES string of the molecule is C[C@@]1(c2cc(NC(=O)c3ccc(Br)cn3)ccc2F)N=C(N)C[C@@H]1C(F)(F)F. The summed E-state index contributed by atoms with van der Waals surface area (Å²) in [6, 6.07) is 6.47. The number of amidine groups is 1. The molecular weight excluding hydrogens is 444 g/mol. The van der Waals surface area contributed by atoms with E-state index in [9.17, 15) is 22.4 Å². The third-order valence-corrected chi connectivity index (χ3v) is 5.06. The molecule has 1 aliphatic heterocycles. The van der Waals surface area contributed by atoms with Crippen molar-refractivity contribution in [1.82, 2.24) is 4.98 Å². The van der Waals surface area contributed by atoms with Gasteiger partial charge in [-0.1, -0.05) is 0 Å². The van der Waals surface area contributed by atoms with E-state index in [-0.39, 0.29) is 22.8 Å². The minimum atomic E-state index is -4.62. The second-order valence-corrected chi connectivity index (χ2v) is 7.48. The summed E-state index contributed by atoms with van der Waals surface area (Å²) < 4.78 is 55.6. The zero-order valence-corrected chi connectivity index (χ0v) is 16.1. The second-order valence-electron chi connectivity index (χ2n) is 6.56. The van der Waals surface area contributed by atoms with E-state index in [0.717, 1.165) is 12.1 Å². The molecule has 5 nitrogen and oxygen atoms in total. The molecule has 0 unspecified atom stereocenters. The monoisotopic (exact) mass is 458 g/mol. The van der Waals surface area contributed by atoms with E-state index >= 15 is 0 Å². The van der Waals surface area contributed by atoms with Crippen LogP contribution in [-0.4, -0.2) is 22.9 Å². The first kappa shape index (κ1) is 20.2. The van der Waals surface area contributed by atoms with Crippen LogP contribution in [0.3, 0.4) is 0 Å². The zero-order chi connectivity index (χ0) is 20.7. The number of aromatic nitrogens is 1. The highest BCUT2D eigenvalue weighted by Crippen LogP contribution is 2.49. The van der Waals surface area contributed by atoms with Crippen LogP contribution in [0, 0.1) is 11.7 Å². The van der Waals surface area contributed by atoms with Gasteiger partial charge in [-0.15, -0.1) is 0 Å². The predicted molar refractivity (Wildman–Crippen MR) is 99.4 cm³/mol. The van der Waals surface area contributed by atoms with E-state index < -0.39 is 35.8 Å². The van der Waals surface area contributed by atoms with Crippen LogP contribution in [-0.2, 0) is 5.54 Å². The van der Waals surface area contributed by atoms with Gasteiger partial charge in [0.25, 0.3) is 5.91 Å². The fourth-order valence-electron chi connectivity index (χ4n) is 3.21. The number of rotatable bonds is 3. The Morgan fingerprint density at radius 3 is 2.64 bits per heavy atom. The van der Waals surface area contributed by atoms with Gasteiger partial charge in [0.1, 0.15) is 11.5 Å². The van der Waals surface area contributed by atoms with Crippen molar-refractivity contribution in [3.8, 4) is 0 Å². The van der Waals surface area contributed by atoms with Crippen molar-refractivity contribution >= 4 is 33.4 Å². The minimum absolute atomic E-state index is 0.0941. The van der Waals surface area contributed by atoms with Gasteiger partial charge in [0.05, 0.1) is 17.3 Å². The van der Waals surface area contributed by atoms with Crippen LogP contribution < -0.4 is 11.1 Å². The molecule has 3 rings (SSSR count). The largest absolute Gasteiger partial charge is 0.394 e. The highest BCUT2D eigenvalue weighted by atomic mass is 79.9. The molecule has 0 saturated heterocycles. The van der Waals surface area contributed by atoms with Crippen molar-refractivity contribution < 1.29 is 22.4 Å². The number of halogens is 5. The lowest BCUT2D eigenvalue weighted by Crippen LogP contribution is -2.38. The predicted octanol–water partition coefficient (Wildman–Crippen LogP) is 4.39. The van der Waals surface area contributed by atoms with Crippen LogP contribution in [0.15, 0.2) is 46.0 Å². The molecule has 0 aliphatic carbocycles. The van der Waals surface area contributed by atoms with Gasteiger partial charge in [0, 0.05) is 28.3 Å². The third kappa shape index (κ3) is 3.87. The van der Waals surface area contributed by atoms with Gasteiger partial charge in [-0.3, -0.25) is 9.79 Å². The number of pyridine rings is 1. The van der Waals surface area contributed by atoms with Crippen LogP contribution in [0.1, 0.15) is 29.4 Å². The first-order chi connectivity index (χ1) is 13.0. The number of carbonyl (C=O) groups is 1. The summed E-state index contributed by atoms with van der Waals surface area (Å²) >= 11 is 3.20. The molecule has 0 bridgehead atoms. The summed E-state index contributed by atoms with van der Waals surface area (Å²) in [5.74, 6) is -3.61. The fraction of sp³-hybridized carbons (Fsp3) is 0.278. The van der Waals surface area contributed by atoms with Gasteiger partial charge in [0.2, 0.25) is 0 Å². The molecule has 0 saturated carbocycles. The summed E-state index contributed by atoms with van der Waals surface area (Å²) in [6.45, 7) is 1.19. The number of nitrogens with zero attached hydrogens (tertiary/aromatic N) is 2. The van der Waals surface area contributed by atoms with Crippen molar-refractivity contribution in [3.05, 3.63) is 58.1 Å². The van der Waals surface area contributed by atoms with Gasteiger partial charge >= 0.3 is 6.18 Å². The molecule has 3 N–H and O–H groups in total. The van der Waals surface area contributed by atoms with Gasteiger partial charge in [-0.2, -0.15) is 13.2 Å². The number of hydrogen-bond acceptors (Lipinski definition) is 4. The van der Waals surface area contributed by atoms with Gasteiger partial charge in [0.15, 0.2) is 0 Å². The molecule has 2 heterocycles. The number of nitrogens with one attached hydrogen (secondary N) is 1. The summed E-state index contributed by atoms with van der Waals surface area (Å²) in [5, 5.41) is 2.51. The lowest BCUT2D eigenvalue weighted by Gasteiger charge is -2.31. The summed E-state index contributed by atoms with van der Waals surface area (Å²) in [5.41, 5.74) is 3.53. The van der Waals surface area contributed by atoms with E-state index in [1.54, 1.807) is 6.07 Å². The van der Waals surface area contributed by atoms with E-state index in [1.807, 2.05) is 0 Å².